The molecule has 1 aliphatic heterocycles. The first-order valence-corrected chi connectivity index (χ1v) is 7.43. The van der Waals surface area contributed by atoms with Gasteiger partial charge in [0.05, 0.1) is 0 Å². The third kappa shape index (κ3) is 5.19. The molecule has 0 saturated carbocycles. The summed E-state index contributed by atoms with van der Waals surface area (Å²) in [7, 11) is 2.27. The van der Waals surface area contributed by atoms with E-state index in [1.165, 1.54) is 43.1 Å². The second-order valence-corrected chi connectivity index (χ2v) is 5.79. The Kier molecular flexibility index (Phi) is 7.75. The van der Waals surface area contributed by atoms with Crippen LogP contribution in [0.3, 0.4) is 0 Å². The highest BCUT2D eigenvalue weighted by atomic mass is 35.5. The fourth-order valence-electron chi connectivity index (χ4n) is 2.25. The zero-order chi connectivity index (χ0) is 11.9. The summed E-state index contributed by atoms with van der Waals surface area (Å²) in [6.07, 6.45) is 2.60. The van der Waals surface area contributed by atoms with Gasteiger partial charge in [-0.05, 0) is 45.1 Å². The first kappa shape index (κ1) is 15.8. The Hall–Kier alpha value is -0.220. The summed E-state index contributed by atoms with van der Waals surface area (Å²) in [5.41, 5.74) is 0. The molecule has 18 heavy (non-hydrogen) atoms. The maximum atomic E-state index is 3.42. The van der Waals surface area contributed by atoms with Crippen molar-refractivity contribution >= 4 is 24.2 Å². The number of thioether (sulfide) groups is 1. The molecule has 102 valence electrons. The minimum atomic E-state index is 0. The van der Waals surface area contributed by atoms with Crippen LogP contribution in [0.1, 0.15) is 12.8 Å². The maximum absolute atomic E-state index is 3.42. The van der Waals surface area contributed by atoms with E-state index in [4.69, 9.17) is 0 Å². The van der Waals surface area contributed by atoms with Crippen molar-refractivity contribution in [3.8, 4) is 0 Å². The maximum Gasteiger partial charge on any atom is 0.0117 e. The van der Waals surface area contributed by atoms with Gasteiger partial charge in [0, 0.05) is 23.2 Å². The van der Waals surface area contributed by atoms with Gasteiger partial charge in [-0.1, -0.05) is 18.2 Å². The molecule has 0 bridgehead atoms. The zero-order valence-electron chi connectivity index (χ0n) is 11.0. The summed E-state index contributed by atoms with van der Waals surface area (Å²) in [4.78, 5) is 3.91. The molecule has 1 aromatic rings. The summed E-state index contributed by atoms with van der Waals surface area (Å²) in [5, 5.41) is 3.42. The first-order chi connectivity index (χ1) is 8.36. The fraction of sp³-hybridized carbons (Fsp3) is 0.571. The Balaban J connectivity index is 0.00000162. The third-order valence-corrected chi connectivity index (χ3v) is 4.38. The molecule has 4 heteroatoms. The van der Waals surface area contributed by atoms with Gasteiger partial charge in [0.2, 0.25) is 0 Å². The second-order valence-electron chi connectivity index (χ2n) is 4.62. The number of hydrogen-bond donors (Lipinski definition) is 1. The molecular weight excluding hydrogens is 264 g/mol. The molecule has 0 aliphatic carbocycles. The Morgan fingerprint density at radius 3 is 2.56 bits per heavy atom. The monoisotopic (exact) mass is 286 g/mol. The lowest BCUT2D eigenvalue weighted by atomic mass is 10.1. The third-order valence-electron chi connectivity index (χ3n) is 3.39. The van der Waals surface area contributed by atoms with Gasteiger partial charge < -0.3 is 10.2 Å². The SMILES string of the molecule is CN(CCSc1ccccc1)C1CCNCC1.Cl. The topological polar surface area (TPSA) is 15.3 Å². The van der Waals surface area contributed by atoms with E-state index in [9.17, 15) is 0 Å². The minimum absolute atomic E-state index is 0. The van der Waals surface area contributed by atoms with Gasteiger partial charge in [0.15, 0.2) is 0 Å². The average molecular weight is 287 g/mol. The van der Waals surface area contributed by atoms with Crippen molar-refractivity contribution in [2.24, 2.45) is 0 Å². The molecular formula is C14H23ClN2S. The highest BCUT2D eigenvalue weighted by Crippen LogP contribution is 2.18. The van der Waals surface area contributed by atoms with Crippen molar-refractivity contribution in [2.75, 3.05) is 32.4 Å². The Labute approximate surface area is 121 Å². The molecule has 2 rings (SSSR count). The van der Waals surface area contributed by atoms with Crippen LogP contribution in [0.4, 0.5) is 0 Å². The summed E-state index contributed by atoms with van der Waals surface area (Å²) < 4.78 is 0. The standard InChI is InChI=1S/C14H22N2S.ClH/c1-16(13-7-9-15-10-8-13)11-12-17-14-5-3-2-4-6-14;/h2-6,13,15H,7-12H2,1H3;1H. The van der Waals surface area contributed by atoms with E-state index in [2.05, 4.69) is 47.6 Å². The van der Waals surface area contributed by atoms with Crippen LogP contribution in [-0.4, -0.2) is 43.4 Å². The van der Waals surface area contributed by atoms with Gasteiger partial charge in [0.1, 0.15) is 0 Å². The van der Waals surface area contributed by atoms with E-state index < -0.39 is 0 Å². The highest BCUT2D eigenvalue weighted by molar-refractivity contribution is 7.99. The van der Waals surface area contributed by atoms with Crippen molar-refractivity contribution in [3.63, 3.8) is 0 Å². The van der Waals surface area contributed by atoms with Crippen LogP contribution in [0.2, 0.25) is 0 Å². The van der Waals surface area contributed by atoms with Crippen LogP contribution in [-0.2, 0) is 0 Å². The van der Waals surface area contributed by atoms with E-state index in [1.807, 2.05) is 11.8 Å². The van der Waals surface area contributed by atoms with Crippen LogP contribution < -0.4 is 5.32 Å². The number of nitrogens with one attached hydrogen (secondary N) is 1. The Bertz CT molecular complexity index is 315. The van der Waals surface area contributed by atoms with E-state index in [1.54, 1.807) is 0 Å². The lowest BCUT2D eigenvalue weighted by Crippen LogP contribution is -2.41. The fourth-order valence-corrected chi connectivity index (χ4v) is 3.22. The zero-order valence-corrected chi connectivity index (χ0v) is 12.6. The van der Waals surface area contributed by atoms with Crippen LogP contribution in [0.5, 0.6) is 0 Å². The molecule has 1 saturated heterocycles. The highest BCUT2D eigenvalue weighted by Gasteiger charge is 2.16. The van der Waals surface area contributed by atoms with Crippen LogP contribution in [0, 0.1) is 0 Å². The van der Waals surface area contributed by atoms with Gasteiger partial charge in [-0.3, -0.25) is 0 Å². The van der Waals surface area contributed by atoms with Gasteiger partial charge in [-0.2, -0.15) is 0 Å². The van der Waals surface area contributed by atoms with Gasteiger partial charge in [-0.25, -0.2) is 0 Å². The number of rotatable bonds is 5. The quantitative estimate of drug-likeness (QED) is 0.838. The van der Waals surface area contributed by atoms with Crippen molar-refractivity contribution in [1.82, 2.24) is 10.2 Å². The summed E-state index contributed by atoms with van der Waals surface area (Å²) in [6.45, 7) is 3.55. The lowest BCUT2D eigenvalue weighted by molar-refractivity contribution is 0.210. The van der Waals surface area contributed by atoms with E-state index >= 15 is 0 Å². The van der Waals surface area contributed by atoms with E-state index in [0.29, 0.717) is 0 Å². The molecule has 1 N–H and O–H groups in total. The van der Waals surface area contributed by atoms with Crippen molar-refractivity contribution in [3.05, 3.63) is 30.3 Å². The molecule has 1 aromatic carbocycles. The minimum Gasteiger partial charge on any atom is -0.317 e. The number of halogens is 1. The first-order valence-electron chi connectivity index (χ1n) is 6.45. The molecule has 2 nitrogen and oxygen atoms in total. The summed E-state index contributed by atoms with van der Waals surface area (Å²) in [6, 6.07) is 11.5. The average Bonchev–Trinajstić information content (AvgIpc) is 2.41. The molecule has 0 atom stereocenters. The van der Waals surface area contributed by atoms with Gasteiger partial charge in [0.25, 0.3) is 0 Å². The largest absolute Gasteiger partial charge is 0.317 e. The van der Waals surface area contributed by atoms with E-state index in [0.717, 1.165) is 6.04 Å². The predicted octanol–water partition coefficient (Wildman–Crippen LogP) is 2.88. The Morgan fingerprint density at radius 2 is 1.89 bits per heavy atom. The molecule has 0 unspecified atom stereocenters. The summed E-state index contributed by atoms with van der Waals surface area (Å²) >= 11 is 1.96. The number of piperidine rings is 1. The number of hydrogen-bond acceptors (Lipinski definition) is 3. The van der Waals surface area contributed by atoms with Crippen LogP contribution in [0.15, 0.2) is 35.2 Å². The number of benzene rings is 1. The van der Waals surface area contributed by atoms with Crippen molar-refractivity contribution in [1.29, 1.82) is 0 Å². The normalized spacial score (nSPS) is 16.6. The number of nitrogens with zero attached hydrogens (tertiary/aromatic N) is 1. The molecule has 0 radical (unpaired) electrons. The smallest absolute Gasteiger partial charge is 0.0117 e. The van der Waals surface area contributed by atoms with Gasteiger partial charge in [-0.15, -0.1) is 24.2 Å². The molecule has 0 spiro atoms. The van der Waals surface area contributed by atoms with Crippen molar-refractivity contribution < 1.29 is 0 Å². The Morgan fingerprint density at radius 1 is 1.22 bits per heavy atom. The lowest BCUT2D eigenvalue weighted by Gasteiger charge is -2.31. The van der Waals surface area contributed by atoms with Crippen LogP contribution >= 0.6 is 24.2 Å². The second kappa shape index (κ2) is 8.81. The molecule has 0 amide bonds. The molecule has 1 heterocycles. The molecule has 1 fully saturated rings. The molecule has 1 aliphatic rings. The predicted molar refractivity (Wildman–Crippen MR) is 82.9 cm³/mol. The summed E-state index contributed by atoms with van der Waals surface area (Å²) in [5.74, 6) is 1.18. The van der Waals surface area contributed by atoms with Gasteiger partial charge >= 0.3 is 0 Å². The van der Waals surface area contributed by atoms with Crippen molar-refractivity contribution in [2.45, 2.75) is 23.8 Å². The van der Waals surface area contributed by atoms with Crippen LogP contribution in [0.25, 0.3) is 0 Å². The van der Waals surface area contributed by atoms with E-state index in [-0.39, 0.29) is 12.4 Å². The molecule has 0 aromatic heterocycles.